The minimum absolute atomic E-state index is 0.0899. The Hall–Kier alpha value is -3.75. The Labute approximate surface area is 189 Å². The van der Waals surface area contributed by atoms with E-state index in [4.69, 9.17) is 15.6 Å². The van der Waals surface area contributed by atoms with Crippen LogP contribution in [-0.4, -0.2) is 35.9 Å². The molecule has 0 saturated carbocycles. The average Bonchev–Trinajstić information content (AvgIpc) is 3.34. The highest BCUT2D eigenvalue weighted by molar-refractivity contribution is 7.11. The normalized spacial score (nSPS) is 12.9. The predicted octanol–water partition coefficient (Wildman–Crippen LogP) is 4.56. The third-order valence-electron chi connectivity index (χ3n) is 4.52. The number of nitrogens with zero attached hydrogens (tertiary/aromatic N) is 1. The summed E-state index contributed by atoms with van der Waals surface area (Å²) < 4.78 is 5.78. The highest BCUT2D eigenvalue weighted by Gasteiger charge is 2.16. The van der Waals surface area contributed by atoms with Crippen molar-refractivity contribution < 1.29 is 19.4 Å². The smallest absolute Gasteiger partial charge is 0.335 e. The molecule has 0 bridgehead atoms. The van der Waals surface area contributed by atoms with E-state index < -0.39 is 12.1 Å². The summed E-state index contributed by atoms with van der Waals surface area (Å²) in [5, 5.41) is 13.6. The summed E-state index contributed by atoms with van der Waals surface area (Å²) in [6.07, 6.45) is 0.880. The first-order valence-corrected chi connectivity index (χ1v) is 10.7. The maximum absolute atomic E-state index is 12.5. The average molecular weight is 450 g/mol. The van der Waals surface area contributed by atoms with E-state index in [-0.39, 0.29) is 18.1 Å². The van der Waals surface area contributed by atoms with Crippen molar-refractivity contribution in [2.75, 3.05) is 11.9 Å². The lowest BCUT2D eigenvalue weighted by atomic mass is 10.2. The van der Waals surface area contributed by atoms with Gasteiger partial charge in [0.05, 0.1) is 28.4 Å². The van der Waals surface area contributed by atoms with Crippen LogP contribution in [0.25, 0.3) is 5.70 Å². The summed E-state index contributed by atoms with van der Waals surface area (Å²) >= 11 is 1.51. The van der Waals surface area contributed by atoms with E-state index in [2.05, 4.69) is 10.3 Å². The van der Waals surface area contributed by atoms with Gasteiger partial charge in [0.15, 0.2) is 0 Å². The zero-order valence-electron chi connectivity index (χ0n) is 17.4. The van der Waals surface area contributed by atoms with Crippen molar-refractivity contribution in [3.05, 3.63) is 88.1 Å². The number of nitrogens with one attached hydrogen (secondary N) is 1. The van der Waals surface area contributed by atoms with Gasteiger partial charge in [0.1, 0.15) is 6.10 Å². The van der Waals surface area contributed by atoms with Crippen LogP contribution in [0.3, 0.4) is 0 Å². The van der Waals surface area contributed by atoms with Gasteiger partial charge in [-0.1, -0.05) is 24.3 Å². The number of aliphatic imine (C=N–C) groups is 1. The van der Waals surface area contributed by atoms with Crippen molar-refractivity contribution >= 4 is 46.5 Å². The maximum atomic E-state index is 12.5. The van der Waals surface area contributed by atoms with Gasteiger partial charge in [-0.3, -0.25) is 9.79 Å². The quantitative estimate of drug-likeness (QED) is 0.414. The number of rotatable bonds is 9. The molecule has 1 aromatic heterocycles. The van der Waals surface area contributed by atoms with E-state index in [1.807, 2.05) is 47.8 Å². The predicted molar refractivity (Wildman–Crippen MR) is 127 cm³/mol. The number of carboxylic acid groups (broad SMARTS) is 1. The van der Waals surface area contributed by atoms with Gasteiger partial charge in [-0.05, 0) is 54.8 Å². The lowest BCUT2D eigenvalue weighted by Crippen LogP contribution is -2.28. The largest absolute Gasteiger partial charge is 0.478 e. The first-order valence-electron chi connectivity index (χ1n) is 9.81. The highest BCUT2D eigenvalue weighted by Crippen LogP contribution is 2.20. The molecule has 0 fully saturated rings. The summed E-state index contributed by atoms with van der Waals surface area (Å²) in [6, 6.07) is 19.2. The molecule has 7 nitrogen and oxygen atoms in total. The minimum Gasteiger partial charge on any atom is -0.478 e. The summed E-state index contributed by atoms with van der Waals surface area (Å²) in [5.41, 5.74) is 8.94. The van der Waals surface area contributed by atoms with Crippen LogP contribution in [0.15, 0.2) is 82.7 Å². The van der Waals surface area contributed by atoms with Gasteiger partial charge in [0.2, 0.25) is 0 Å². The van der Waals surface area contributed by atoms with Gasteiger partial charge >= 0.3 is 5.97 Å². The number of amides is 1. The van der Waals surface area contributed by atoms with Crippen molar-refractivity contribution in [2.24, 2.45) is 10.7 Å². The number of para-hydroxylation sites is 1. The summed E-state index contributed by atoms with van der Waals surface area (Å²) in [7, 11) is 0. The molecule has 4 N–H and O–H groups in total. The van der Waals surface area contributed by atoms with E-state index in [0.29, 0.717) is 17.0 Å². The number of thiophene rings is 1. The zero-order valence-corrected chi connectivity index (χ0v) is 18.2. The van der Waals surface area contributed by atoms with E-state index in [1.165, 1.54) is 35.6 Å². The number of carboxylic acids is 1. The molecule has 1 amide bonds. The fourth-order valence-corrected chi connectivity index (χ4v) is 3.39. The van der Waals surface area contributed by atoms with Crippen LogP contribution in [0.2, 0.25) is 0 Å². The molecule has 0 aliphatic heterocycles. The van der Waals surface area contributed by atoms with Gasteiger partial charge in [0.25, 0.3) is 5.91 Å². The molecule has 1 atom stereocenters. The van der Waals surface area contributed by atoms with Crippen molar-refractivity contribution in [3.63, 3.8) is 0 Å². The monoisotopic (exact) mass is 449 g/mol. The third kappa shape index (κ3) is 6.37. The Balaban J connectivity index is 1.68. The molecule has 1 heterocycles. The molecule has 8 heteroatoms. The molecule has 3 aromatic rings. The molecule has 1 unspecified atom stereocenters. The summed E-state index contributed by atoms with van der Waals surface area (Å²) in [4.78, 5) is 28.8. The third-order valence-corrected chi connectivity index (χ3v) is 5.42. The number of anilines is 1. The topological polar surface area (TPSA) is 114 Å². The van der Waals surface area contributed by atoms with Crippen LogP contribution in [0, 0.1) is 0 Å². The molecular weight excluding hydrogens is 426 g/mol. The van der Waals surface area contributed by atoms with Crippen LogP contribution in [0.5, 0.6) is 0 Å². The molecule has 164 valence electrons. The van der Waals surface area contributed by atoms with Gasteiger partial charge in [0, 0.05) is 17.5 Å². The Morgan fingerprint density at radius 1 is 1.12 bits per heavy atom. The van der Waals surface area contributed by atoms with E-state index in [9.17, 15) is 9.59 Å². The first kappa shape index (κ1) is 22.9. The fraction of sp³-hybridized carbons (Fsp3) is 0.125. The number of carbonyl (C=O) groups is 2. The molecule has 0 spiro atoms. The molecule has 0 saturated heterocycles. The fourth-order valence-electron chi connectivity index (χ4n) is 2.67. The second-order valence-corrected chi connectivity index (χ2v) is 7.78. The van der Waals surface area contributed by atoms with Crippen LogP contribution < -0.4 is 11.1 Å². The Morgan fingerprint density at radius 3 is 2.47 bits per heavy atom. The number of benzene rings is 2. The Morgan fingerprint density at radius 2 is 1.84 bits per heavy atom. The molecule has 0 aliphatic rings. The number of carbonyl (C=O) groups excluding carboxylic acids is 1. The molecule has 32 heavy (non-hydrogen) atoms. The number of hydrogen-bond donors (Lipinski definition) is 3. The summed E-state index contributed by atoms with van der Waals surface area (Å²) in [5.74, 6) is -1.39. The second-order valence-electron chi connectivity index (χ2n) is 6.83. The Bertz CT molecular complexity index is 1110. The van der Waals surface area contributed by atoms with Crippen LogP contribution in [0.1, 0.15) is 22.2 Å². The highest BCUT2D eigenvalue weighted by atomic mass is 32.1. The summed E-state index contributed by atoms with van der Waals surface area (Å²) in [6.45, 7) is 1.72. The molecule has 2 aromatic carbocycles. The minimum atomic E-state index is -1.03. The lowest BCUT2D eigenvalue weighted by molar-refractivity contribution is -0.125. The number of aromatic carboxylic acids is 1. The van der Waals surface area contributed by atoms with Gasteiger partial charge in [-0.25, -0.2) is 4.79 Å². The zero-order chi connectivity index (χ0) is 22.9. The van der Waals surface area contributed by atoms with Crippen molar-refractivity contribution in [1.29, 1.82) is 0 Å². The Kier molecular flexibility index (Phi) is 7.91. The number of nitrogens with two attached hydrogens (primary N) is 1. The van der Waals surface area contributed by atoms with E-state index >= 15 is 0 Å². The molecule has 3 rings (SSSR count). The molecule has 0 radical (unpaired) electrons. The van der Waals surface area contributed by atoms with Crippen LogP contribution in [0.4, 0.5) is 11.4 Å². The van der Waals surface area contributed by atoms with Gasteiger partial charge in [-0.2, -0.15) is 0 Å². The van der Waals surface area contributed by atoms with Crippen molar-refractivity contribution in [3.8, 4) is 0 Å². The van der Waals surface area contributed by atoms with Gasteiger partial charge < -0.3 is 20.9 Å². The number of hydrogen-bond acceptors (Lipinski definition) is 6. The van der Waals surface area contributed by atoms with E-state index in [0.717, 1.165) is 10.6 Å². The van der Waals surface area contributed by atoms with Gasteiger partial charge in [-0.15, -0.1) is 11.3 Å². The van der Waals surface area contributed by atoms with Crippen molar-refractivity contribution in [1.82, 2.24) is 0 Å². The van der Waals surface area contributed by atoms with Crippen LogP contribution >= 0.6 is 11.3 Å². The maximum Gasteiger partial charge on any atom is 0.335 e. The van der Waals surface area contributed by atoms with E-state index in [1.54, 1.807) is 13.1 Å². The standard InChI is InChI=1S/C24H23N3O4S/c1-16(23(28)27-20-11-9-17(10-12-20)24(29)30)31-15-18(22(25)21-8-5-13-32-21)14-26-19-6-3-2-4-7-19/h2-14,16H,15,25H2,1H3,(H,27,28)(H,29,30)/b22-18+,26-14?. The van der Waals surface area contributed by atoms with Crippen molar-refractivity contribution in [2.45, 2.75) is 13.0 Å². The SMILES string of the molecule is CC(OC/C(C=Nc1ccccc1)=C(/N)c1cccs1)C(=O)Nc1ccc(C(=O)O)cc1. The lowest BCUT2D eigenvalue weighted by Gasteiger charge is -2.15. The first-order chi connectivity index (χ1) is 15.4. The molecular formula is C24H23N3O4S. The second kappa shape index (κ2) is 11.0. The number of ether oxygens (including phenoxy) is 1. The van der Waals surface area contributed by atoms with Crippen LogP contribution in [-0.2, 0) is 9.53 Å². The molecule has 0 aliphatic carbocycles.